The lowest BCUT2D eigenvalue weighted by Gasteiger charge is -2.27. The van der Waals surface area contributed by atoms with Gasteiger partial charge in [0.15, 0.2) is 4.80 Å². The van der Waals surface area contributed by atoms with E-state index in [0.29, 0.717) is 44.1 Å². The van der Waals surface area contributed by atoms with Crippen molar-refractivity contribution in [3.05, 3.63) is 89.0 Å². The van der Waals surface area contributed by atoms with Crippen LogP contribution in [0.5, 0.6) is 11.5 Å². The minimum atomic E-state index is -0.763. The molecule has 1 aromatic heterocycles. The summed E-state index contributed by atoms with van der Waals surface area (Å²) in [6.45, 7) is 4.16. The SMILES string of the molecule is C#CCOc1ccc(/C=c2/sc3n(c2=O)[C@H](c2cc(Br)ccc2OC)C(C(=O)OCC)=C(CCC)N=3)cc1. The molecule has 0 aliphatic carbocycles. The molecule has 2 heterocycles. The normalized spacial score (nSPS) is 14.9. The van der Waals surface area contributed by atoms with Gasteiger partial charge in [0.2, 0.25) is 0 Å². The zero-order chi connectivity index (χ0) is 27.2. The average molecular weight is 596 g/mol. The summed E-state index contributed by atoms with van der Waals surface area (Å²) >= 11 is 4.81. The minimum absolute atomic E-state index is 0.180. The van der Waals surface area contributed by atoms with Crippen LogP contribution in [0, 0.1) is 12.3 Å². The van der Waals surface area contributed by atoms with Crippen LogP contribution in [-0.4, -0.2) is 30.9 Å². The molecule has 38 heavy (non-hydrogen) atoms. The molecule has 0 bridgehead atoms. The minimum Gasteiger partial charge on any atom is -0.496 e. The number of methoxy groups -OCH3 is 1. The van der Waals surface area contributed by atoms with Crippen molar-refractivity contribution in [2.45, 2.75) is 32.7 Å². The number of terminal acetylenes is 1. The number of hydrogen-bond acceptors (Lipinski definition) is 7. The number of aromatic nitrogens is 1. The highest BCUT2D eigenvalue weighted by atomic mass is 79.9. The monoisotopic (exact) mass is 594 g/mol. The molecule has 9 heteroatoms. The molecule has 3 aromatic rings. The molecule has 0 amide bonds. The van der Waals surface area contributed by atoms with Crippen LogP contribution < -0.4 is 24.4 Å². The molecule has 196 valence electrons. The van der Waals surface area contributed by atoms with E-state index >= 15 is 0 Å². The number of hydrogen-bond donors (Lipinski definition) is 0. The summed E-state index contributed by atoms with van der Waals surface area (Å²) in [7, 11) is 1.56. The first-order valence-electron chi connectivity index (χ1n) is 12.1. The molecular weight excluding hydrogens is 568 g/mol. The molecule has 4 rings (SSSR count). The van der Waals surface area contributed by atoms with E-state index < -0.39 is 12.0 Å². The van der Waals surface area contributed by atoms with Gasteiger partial charge >= 0.3 is 5.97 Å². The second-order valence-corrected chi connectivity index (χ2v) is 10.3. The van der Waals surface area contributed by atoms with E-state index in [2.05, 4.69) is 21.9 Å². The van der Waals surface area contributed by atoms with Crippen molar-refractivity contribution in [3.63, 3.8) is 0 Å². The zero-order valence-corrected chi connectivity index (χ0v) is 23.7. The summed E-state index contributed by atoms with van der Waals surface area (Å²) in [5.41, 5.74) is 2.18. The molecule has 0 radical (unpaired) electrons. The van der Waals surface area contributed by atoms with E-state index in [1.54, 1.807) is 42.9 Å². The number of fused-ring (bicyclic) bond motifs is 1. The maximum Gasteiger partial charge on any atom is 0.338 e. The molecule has 1 atom stereocenters. The fourth-order valence-electron chi connectivity index (χ4n) is 4.27. The number of carbonyl (C=O) groups excluding carboxylic acids is 1. The standard InChI is InChI=1S/C29H27BrN2O5S/c1-5-8-22-25(28(34)36-7-3)26(21-17-19(30)11-14-23(21)35-4)32-27(33)24(38-29(32)31-22)16-18-9-12-20(13-10-18)37-15-6-2/h2,9-14,16-17,26H,5,7-8,15H2,1,3-4H3/b24-16+/t26-/m1/s1. The molecule has 2 aromatic carbocycles. The van der Waals surface area contributed by atoms with Gasteiger partial charge in [0, 0.05) is 10.0 Å². The predicted octanol–water partition coefficient (Wildman–Crippen LogP) is 4.36. The summed E-state index contributed by atoms with van der Waals surface area (Å²) < 4.78 is 19.4. The number of benzene rings is 2. The Bertz CT molecular complexity index is 1600. The number of ether oxygens (including phenoxy) is 3. The van der Waals surface area contributed by atoms with Crippen LogP contribution >= 0.6 is 27.3 Å². The highest BCUT2D eigenvalue weighted by Gasteiger charge is 2.36. The first kappa shape index (κ1) is 27.4. The van der Waals surface area contributed by atoms with Crippen LogP contribution in [0.25, 0.3) is 6.08 Å². The first-order valence-corrected chi connectivity index (χ1v) is 13.7. The highest BCUT2D eigenvalue weighted by molar-refractivity contribution is 9.10. The topological polar surface area (TPSA) is 79.1 Å². The fourth-order valence-corrected chi connectivity index (χ4v) is 5.67. The van der Waals surface area contributed by atoms with Gasteiger partial charge in [-0.2, -0.15) is 0 Å². The van der Waals surface area contributed by atoms with Gasteiger partial charge in [-0.05, 0) is 55.3 Å². The van der Waals surface area contributed by atoms with Crippen molar-refractivity contribution in [2.24, 2.45) is 4.99 Å². The number of esters is 1. The lowest BCUT2D eigenvalue weighted by molar-refractivity contribution is -0.139. The van der Waals surface area contributed by atoms with Crippen molar-refractivity contribution < 1.29 is 19.0 Å². The highest BCUT2D eigenvalue weighted by Crippen LogP contribution is 2.38. The molecule has 1 aliphatic heterocycles. The van der Waals surface area contributed by atoms with Crippen LogP contribution in [0.1, 0.15) is 43.9 Å². The van der Waals surface area contributed by atoms with E-state index in [4.69, 9.17) is 25.6 Å². The third-order valence-corrected chi connectivity index (χ3v) is 7.35. The molecule has 0 fully saturated rings. The lowest BCUT2D eigenvalue weighted by Crippen LogP contribution is -2.40. The van der Waals surface area contributed by atoms with Crippen LogP contribution in [0.3, 0.4) is 0 Å². The smallest absolute Gasteiger partial charge is 0.338 e. The molecule has 0 saturated carbocycles. The van der Waals surface area contributed by atoms with Crippen molar-refractivity contribution in [3.8, 4) is 23.8 Å². The van der Waals surface area contributed by atoms with Crippen molar-refractivity contribution in [1.29, 1.82) is 0 Å². The molecule has 0 saturated heterocycles. The molecule has 1 aliphatic rings. The third-order valence-electron chi connectivity index (χ3n) is 5.88. The van der Waals surface area contributed by atoms with Crippen LogP contribution in [-0.2, 0) is 9.53 Å². The number of halogens is 1. The molecule has 0 spiro atoms. The van der Waals surface area contributed by atoms with Crippen LogP contribution in [0.15, 0.2) is 68.0 Å². The van der Waals surface area contributed by atoms with Gasteiger partial charge in [-0.1, -0.05) is 58.7 Å². The van der Waals surface area contributed by atoms with Gasteiger partial charge in [-0.15, -0.1) is 6.42 Å². The molecule has 0 unspecified atom stereocenters. The Balaban J connectivity index is 1.95. The van der Waals surface area contributed by atoms with Crippen molar-refractivity contribution in [2.75, 3.05) is 20.3 Å². The number of rotatable bonds is 9. The van der Waals surface area contributed by atoms with Gasteiger partial charge in [-0.25, -0.2) is 9.79 Å². The predicted molar refractivity (Wildman–Crippen MR) is 151 cm³/mol. The lowest BCUT2D eigenvalue weighted by atomic mass is 9.93. The average Bonchev–Trinajstić information content (AvgIpc) is 3.22. The van der Waals surface area contributed by atoms with E-state index in [-0.39, 0.29) is 18.8 Å². The molecule has 7 nitrogen and oxygen atoms in total. The van der Waals surface area contributed by atoms with Crippen LogP contribution in [0.2, 0.25) is 0 Å². The van der Waals surface area contributed by atoms with Crippen molar-refractivity contribution >= 4 is 39.3 Å². The van der Waals surface area contributed by atoms with Crippen LogP contribution in [0.4, 0.5) is 0 Å². The van der Waals surface area contributed by atoms with Crippen molar-refractivity contribution in [1.82, 2.24) is 4.57 Å². The summed E-state index contributed by atoms with van der Waals surface area (Å²) in [6.07, 6.45) is 8.39. The summed E-state index contributed by atoms with van der Waals surface area (Å²) in [4.78, 5) is 32.5. The Kier molecular flexibility index (Phi) is 8.87. The van der Waals surface area contributed by atoms with Gasteiger partial charge in [-0.3, -0.25) is 9.36 Å². The van der Waals surface area contributed by atoms with E-state index in [9.17, 15) is 9.59 Å². The van der Waals surface area contributed by atoms with Gasteiger partial charge < -0.3 is 14.2 Å². The van der Waals surface area contributed by atoms with Gasteiger partial charge in [0.25, 0.3) is 5.56 Å². The number of thiazole rings is 1. The Morgan fingerprint density at radius 1 is 1.24 bits per heavy atom. The second-order valence-electron chi connectivity index (χ2n) is 8.36. The fraction of sp³-hybridized carbons (Fsp3) is 0.276. The maximum absolute atomic E-state index is 13.9. The first-order chi connectivity index (χ1) is 18.4. The Morgan fingerprint density at radius 3 is 2.66 bits per heavy atom. The van der Waals surface area contributed by atoms with E-state index in [0.717, 1.165) is 16.5 Å². The third kappa shape index (κ3) is 5.62. The Hall–Kier alpha value is -3.61. The number of nitrogens with zero attached hydrogens (tertiary/aromatic N) is 2. The van der Waals surface area contributed by atoms with Gasteiger partial charge in [0.05, 0.1) is 29.5 Å². The second kappa shape index (κ2) is 12.3. The summed E-state index contributed by atoms with van der Waals surface area (Å²) in [5.74, 6) is 3.13. The summed E-state index contributed by atoms with van der Waals surface area (Å²) in [6, 6.07) is 12.1. The van der Waals surface area contributed by atoms with Gasteiger partial charge in [0.1, 0.15) is 24.1 Å². The molecular formula is C29H27BrN2O5S. The number of carbonyl (C=O) groups is 1. The Morgan fingerprint density at radius 2 is 2.00 bits per heavy atom. The quantitative estimate of drug-likeness (QED) is 0.272. The largest absolute Gasteiger partial charge is 0.496 e. The summed E-state index contributed by atoms with van der Waals surface area (Å²) in [5, 5.41) is 0. The Labute approximate surface area is 233 Å². The maximum atomic E-state index is 13.9. The zero-order valence-electron chi connectivity index (χ0n) is 21.3. The number of allylic oxidation sites excluding steroid dienone is 1. The van der Waals surface area contributed by atoms with E-state index in [1.807, 2.05) is 31.2 Å². The molecule has 0 N–H and O–H groups in total. The van der Waals surface area contributed by atoms with E-state index in [1.165, 1.54) is 11.3 Å².